The van der Waals surface area contributed by atoms with E-state index in [1.54, 1.807) is 28.1 Å². The fourth-order valence-electron chi connectivity index (χ4n) is 2.68. The maximum Gasteiger partial charge on any atom is 0.245 e. The molecule has 3 rings (SSSR count). The first-order chi connectivity index (χ1) is 11.0. The number of alkyl halides is 1. The van der Waals surface area contributed by atoms with Crippen LogP contribution in [0.5, 0.6) is 5.88 Å². The number of nitrogens with zero attached hydrogens (tertiary/aromatic N) is 3. The molecule has 1 aromatic heterocycles. The Balaban J connectivity index is 1.84. The maximum atomic E-state index is 12.5. The summed E-state index contributed by atoms with van der Waals surface area (Å²) >= 11 is 6.31. The molecule has 2 aromatic rings. The normalized spacial score (nSPS) is 17.4. The molecule has 0 radical (unpaired) electrons. The van der Waals surface area contributed by atoms with Crippen molar-refractivity contribution in [2.75, 3.05) is 26.2 Å². The van der Waals surface area contributed by atoms with Crippen LogP contribution in [0.15, 0.2) is 23.4 Å². The average molecular weight is 338 g/mol. The highest BCUT2D eigenvalue weighted by Crippen LogP contribution is 2.37. The number of hydrazine groups is 1. The minimum Gasteiger partial charge on any atom is -0.493 e. The van der Waals surface area contributed by atoms with Gasteiger partial charge < -0.3 is 15.0 Å². The van der Waals surface area contributed by atoms with Crippen molar-refractivity contribution < 1.29 is 9.90 Å². The van der Waals surface area contributed by atoms with Gasteiger partial charge >= 0.3 is 0 Å². The van der Waals surface area contributed by atoms with E-state index >= 15 is 0 Å². The summed E-state index contributed by atoms with van der Waals surface area (Å²) < 4.78 is 0. The first kappa shape index (κ1) is 15.7. The van der Waals surface area contributed by atoms with Gasteiger partial charge in [-0.05, 0) is 16.8 Å². The van der Waals surface area contributed by atoms with Crippen molar-refractivity contribution in [2.24, 2.45) is 11.0 Å². The number of nitrogens with two attached hydrogens (primary N) is 1. The lowest BCUT2D eigenvalue weighted by Crippen LogP contribution is -2.51. The summed E-state index contributed by atoms with van der Waals surface area (Å²) in [6, 6.07) is 4.90. The zero-order valence-electron chi connectivity index (χ0n) is 12.2. The van der Waals surface area contributed by atoms with E-state index in [0.717, 1.165) is 0 Å². The van der Waals surface area contributed by atoms with Crippen LogP contribution in [0.4, 0.5) is 5.69 Å². The topological polar surface area (TPSA) is 115 Å². The van der Waals surface area contributed by atoms with Crippen LogP contribution in [0.25, 0.3) is 10.9 Å². The number of aromatic nitrogens is 1. The van der Waals surface area contributed by atoms with Gasteiger partial charge in [-0.3, -0.25) is 10.6 Å². The monoisotopic (exact) mass is 337 g/mol. The van der Waals surface area contributed by atoms with E-state index in [4.69, 9.17) is 17.4 Å². The average Bonchev–Trinajstić information content (AvgIpc) is 2.88. The second-order valence-electron chi connectivity index (χ2n) is 5.44. The van der Waals surface area contributed by atoms with Gasteiger partial charge in [0.05, 0.1) is 5.52 Å². The second kappa shape index (κ2) is 6.15. The zero-order valence-corrected chi connectivity index (χ0v) is 13.0. The Morgan fingerprint density at radius 2 is 2.04 bits per heavy atom. The summed E-state index contributed by atoms with van der Waals surface area (Å²) in [5.74, 6) is 5.18. The summed E-state index contributed by atoms with van der Waals surface area (Å²) in [5, 5.41) is 13.7. The summed E-state index contributed by atoms with van der Waals surface area (Å²) in [6.45, 7) is 2.27. The summed E-state index contributed by atoms with van der Waals surface area (Å²) in [4.78, 5) is 27.5. The number of nitrogens with one attached hydrogen (secondary N) is 1. The smallest absolute Gasteiger partial charge is 0.245 e. The third kappa shape index (κ3) is 2.88. The molecule has 0 aliphatic carbocycles. The van der Waals surface area contributed by atoms with Crippen molar-refractivity contribution >= 4 is 34.1 Å². The number of amides is 1. The Kier molecular flexibility index (Phi) is 4.20. The predicted octanol–water partition coefficient (Wildman–Crippen LogP) is 1.57. The lowest BCUT2D eigenvalue weighted by molar-refractivity contribution is -0.132. The molecule has 1 fully saturated rings. The molecule has 8 nitrogen and oxygen atoms in total. The standard InChI is InChI=1S/C14H16ClN5O3/c15-11(14(22)19-3-5-20(16)6-4-19)8-1-2-9-10(7-8)17-13(21)12(9)18-23/h1-2,7,11,17,21H,3-6,16H2. The minimum absolute atomic E-state index is 0.0527. The number of aromatic amines is 1. The molecule has 1 atom stereocenters. The molecule has 2 heterocycles. The van der Waals surface area contributed by atoms with Crippen molar-refractivity contribution in [2.45, 2.75) is 5.38 Å². The number of fused-ring (bicyclic) bond motifs is 1. The number of carbonyl (C=O) groups is 1. The van der Waals surface area contributed by atoms with Gasteiger partial charge in [0, 0.05) is 31.6 Å². The minimum atomic E-state index is -0.846. The van der Waals surface area contributed by atoms with Gasteiger partial charge in [0.25, 0.3) is 0 Å². The highest BCUT2D eigenvalue weighted by atomic mass is 35.5. The first-order valence-corrected chi connectivity index (χ1v) is 7.55. The van der Waals surface area contributed by atoms with E-state index in [0.29, 0.717) is 42.6 Å². The molecule has 1 aliphatic rings. The van der Waals surface area contributed by atoms with Gasteiger partial charge in [-0.25, -0.2) is 5.01 Å². The van der Waals surface area contributed by atoms with Crippen LogP contribution in [-0.4, -0.2) is 52.1 Å². The number of H-pyrrole nitrogens is 1. The number of hydrogen-bond donors (Lipinski definition) is 3. The lowest BCUT2D eigenvalue weighted by Gasteiger charge is -2.33. The molecular formula is C14H16ClN5O3. The Morgan fingerprint density at radius 1 is 1.35 bits per heavy atom. The van der Waals surface area contributed by atoms with Crippen LogP contribution in [0, 0.1) is 4.91 Å². The molecule has 1 aliphatic heterocycles. The number of aromatic hydroxyl groups is 1. The molecule has 0 bridgehead atoms. The number of halogens is 1. The third-order valence-corrected chi connectivity index (χ3v) is 4.44. The van der Waals surface area contributed by atoms with Crippen LogP contribution in [0.2, 0.25) is 0 Å². The SMILES string of the molecule is NN1CCN(C(=O)C(Cl)c2ccc3c(N=O)c(O)[nH]c3c2)CC1. The van der Waals surface area contributed by atoms with Gasteiger partial charge in [0.15, 0.2) is 5.69 Å². The van der Waals surface area contributed by atoms with Gasteiger partial charge in [0.2, 0.25) is 11.8 Å². The summed E-state index contributed by atoms with van der Waals surface area (Å²) in [5.41, 5.74) is 1.03. The molecular weight excluding hydrogens is 322 g/mol. The van der Waals surface area contributed by atoms with E-state index in [1.807, 2.05) is 0 Å². The number of piperazine rings is 1. The van der Waals surface area contributed by atoms with Crippen LogP contribution in [-0.2, 0) is 4.79 Å². The van der Waals surface area contributed by atoms with E-state index < -0.39 is 5.38 Å². The Hall–Kier alpha value is -2.16. The Morgan fingerprint density at radius 3 is 2.70 bits per heavy atom. The second-order valence-corrected chi connectivity index (χ2v) is 5.88. The number of rotatable bonds is 3. The van der Waals surface area contributed by atoms with Crippen molar-refractivity contribution in [3.05, 3.63) is 28.7 Å². The molecule has 1 amide bonds. The third-order valence-electron chi connectivity index (χ3n) is 4.00. The molecule has 0 spiro atoms. The van der Waals surface area contributed by atoms with Gasteiger partial charge in [-0.15, -0.1) is 16.5 Å². The highest BCUT2D eigenvalue weighted by Gasteiger charge is 2.27. The molecule has 122 valence electrons. The predicted molar refractivity (Wildman–Crippen MR) is 86.4 cm³/mol. The first-order valence-electron chi connectivity index (χ1n) is 7.11. The van der Waals surface area contributed by atoms with Crippen LogP contribution < -0.4 is 5.84 Å². The summed E-state index contributed by atoms with van der Waals surface area (Å²) in [7, 11) is 0. The van der Waals surface area contributed by atoms with Gasteiger partial charge in [-0.1, -0.05) is 12.1 Å². The summed E-state index contributed by atoms with van der Waals surface area (Å²) in [6.07, 6.45) is 0. The number of carbonyl (C=O) groups excluding carboxylic acids is 1. The van der Waals surface area contributed by atoms with E-state index in [1.165, 1.54) is 0 Å². The van der Waals surface area contributed by atoms with Crippen molar-refractivity contribution in [1.82, 2.24) is 14.9 Å². The molecule has 9 heteroatoms. The van der Waals surface area contributed by atoms with Crippen LogP contribution in [0.3, 0.4) is 0 Å². The molecule has 1 unspecified atom stereocenters. The fraction of sp³-hybridized carbons (Fsp3) is 0.357. The van der Waals surface area contributed by atoms with Crippen LogP contribution >= 0.6 is 11.6 Å². The fourth-order valence-corrected chi connectivity index (χ4v) is 2.96. The maximum absolute atomic E-state index is 12.5. The van der Waals surface area contributed by atoms with E-state index in [9.17, 15) is 14.8 Å². The molecule has 1 saturated heterocycles. The van der Waals surface area contributed by atoms with Crippen molar-refractivity contribution in [3.63, 3.8) is 0 Å². The number of hydrogen-bond acceptors (Lipinski definition) is 6. The van der Waals surface area contributed by atoms with Gasteiger partial charge in [-0.2, -0.15) is 0 Å². The van der Waals surface area contributed by atoms with Crippen LogP contribution in [0.1, 0.15) is 10.9 Å². The lowest BCUT2D eigenvalue weighted by atomic mass is 10.1. The zero-order chi connectivity index (χ0) is 16.6. The van der Waals surface area contributed by atoms with E-state index in [2.05, 4.69) is 10.2 Å². The Labute approximate surface area is 136 Å². The van der Waals surface area contributed by atoms with Gasteiger partial charge in [0.1, 0.15) is 5.38 Å². The Bertz CT molecular complexity index is 754. The van der Waals surface area contributed by atoms with Crippen molar-refractivity contribution in [1.29, 1.82) is 0 Å². The number of benzene rings is 1. The molecule has 4 N–H and O–H groups in total. The molecule has 0 saturated carbocycles. The van der Waals surface area contributed by atoms with E-state index in [-0.39, 0.29) is 17.5 Å². The molecule has 1 aromatic carbocycles. The quantitative estimate of drug-likeness (QED) is 0.446. The van der Waals surface area contributed by atoms with Crippen molar-refractivity contribution in [3.8, 4) is 5.88 Å². The highest BCUT2D eigenvalue weighted by molar-refractivity contribution is 6.30. The molecule has 23 heavy (non-hydrogen) atoms. The number of nitroso groups, excluding NO2 is 1. The largest absolute Gasteiger partial charge is 0.493 e.